The van der Waals surface area contributed by atoms with Crippen LogP contribution < -0.4 is 14.4 Å². The van der Waals surface area contributed by atoms with E-state index in [4.69, 9.17) is 4.74 Å². The summed E-state index contributed by atoms with van der Waals surface area (Å²) in [7, 11) is -1.69. The fourth-order valence-corrected chi connectivity index (χ4v) is 3.79. The quantitative estimate of drug-likeness (QED) is 0.668. The molecule has 0 aliphatic heterocycles. The highest BCUT2D eigenvalue weighted by Gasteiger charge is 2.15. The highest BCUT2D eigenvalue weighted by atomic mass is 32.2. The maximum atomic E-state index is 12.2. The molecule has 27 heavy (non-hydrogen) atoms. The van der Waals surface area contributed by atoms with E-state index in [1.165, 1.54) is 10.6 Å². The standard InChI is InChI=1S/C20H26N2O4S/c1-4-22(27(3,24)25)18-12-10-17(11-13-18)20(23)21-14-6-8-16-7-5-9-19(15-16)26-2/h5,7,9-13,15H,4,6,8,14H2,1-3H3,(H,21,23). The van der Waals surface area contributed by atoms with E-state index in [1.54, 1.807) is 38.3 Å². The summed E-state index contributed by atoms with van der Waals surface area (Å²) < 4.78 is 30.0. The molecule has 0 bridgehead atoms. The van der Waals surface area contributed by atoms with Crippen molar-refractivity contribution in [2.45, 2.75) is 19.8 Å². The third-order valence-electron chi connectivity index (χ3n) is 4.17. The van der Waals surface area contributed by atoms with Gasteiger partial charge in [-0.1, -0.05) is 12.1 Å². The van der Waals surface area contributed by atoms with Crippen LogP contribution in [0.3, 0.4) is 0 Å². The smallest absolute Gasteiger partial charge is 0.251 e. The van der Waals surface area contributed by atoms with Crippen LogP contribution in [-0.2, 0) is 16.4 Å². The molecule has 1 N–H and O–H groups in total. The number of sulfonamides is 1. The van der Waals surface area contributed by atoms with Crippen molar-refractivity contribution >= 4 is 21.6 Å². The van der Waals surface area contributed by atoms with Crippen molar-refractivity contribution in [2.24, 2.45) is 0 Å². The number of hydrogen-bond acceptors (Lipinski definition) is 4. The van der Waals surface area contributed by atoms with E-state index in [9.17, 15) is 13.2 Å². The zero-order valence-electron chi connectivity index (χ0n) is 15.9. The van der Waals surface area contributed by atoms with E-state index in [0.29, 0.717) is 24.3 Å². The zero-order chi connectivity index (χ0) is 19.9. The second-order valence-electron chi connectivity index (χ2n) is 6.19. The van der Waals surface area contributed by atoms with Gasteiger partial charge in [-0.15, -0.1) is 0 Å². The van der Waals surface area contributed by atoms with Gasteiger partial charge in [0.25, 0.3) is 5.91 Å². The number of amides is 1. The molecule has 146 valence electrons. The van der Waals surface area contributed by atoms with Gasteiger partial charge in [0.05, 0.1) is 19.1 Å². The van der Waals surface area contributed by atoms with Crippen molar-refractivity contribution in [2.75, 3.05) is 30.8 Å². The van der Waals surface area contributed by atoms with Gasteiger partial charge in [-0.05, 0) is 61.7 Å². The Labute approximate surface area is 161 Å². The second kappa shape index (κ2) is 9.41. The summed E-state index contributed by atoms with van der Waals surface area (Å²) in [6.45, 7) is 2.67. The van der Waals surface area contributed by atoms with Crippen molar-refractivity contribution in [3.63, 3.8) is 0 Å². The van der Waals surface area contributed by atoms with Crippen LogP contribution in [0.25, 0.3) is 0 Å². The minimum absolute atomic E-state index is 0.172. The molecule has 0 aromatic heterocycles. The highest BCUT2D eigenvalue weighted by molar-refractivity contribution is 7.92. The van der Waals surface area contributed by atoms with E-state index in [1.807, 2.05) is 24.3 Å². The molecule has 0 spiro atoms. The number of ether oxygens (including phenoxy) is 1. The summed E-state index contributed by atoms with van der Waals surface area (Å²) in [5.41, 5.74) is 2.22. The van der Waals surface area contributed by atoms with Crippen molar-refractivity contribution in [1.29, 1.82) is 0 Å². The molecule has 0 saturated carbocycles. The largest absolute Gasteiger partial charge is 0.497 e. The minimum Gasteiger partial charge on any atom is -0.497 e. The Morgan fingerprint density at radius 2 is 1.85 bits per heavy atom. The molecule has 0 heterocycles. The number of nitrogens with zero attached hydrogens (tertiary/aromatic N) is 1. The Kier molecular flexibility index (Phi) is 7.24. The molecule has 0 radical (unpaired) electrons. The summed E-state index contributed by atoms with van der Waals surface area (Å²) in [6.07, 6.45) is 2.82. The lowest BCUT2D eigenvalue weighted by Gasteiger charge is -2.20. The molecule has 2 aromatic carbocycles. The van der Waals surface area contributed by atoms with Gasteiger partial charge in [0, 0.05) is 18.7 Å². The van der Waals surface area contributed by atoms with Gasteiger partial charge < -0.3 is 10.1 Å². The highest BCUT2D eigenvalue weighted by Crippen LogP contribution is 2.18. The number of nitrogens with one attached hydrogen (secondary N) is 1. The Hall–Kier alpha value is -2.54. The van der Waals surface area contributed by atoms with Crippen LogP contribution in [0.1, 0.15) is 29.3 Å². The normalized spacial score (nSPS) is 11.1. The van der Waals surface area contributed by atoms with E-state index < -0.39 is 10.0 Å². The van der Waals surface area contributed by atoms with Gasteiger partial charge in [0.15, 0.2) is 0 Å². The van der Waals surface area contributed by atoms with Crippen LogP contribution in [0.5, 0.6) is 5.75 Å². The molecule has 0 fully saturated rings. The number of carbonyl (C=O) groups is 1. The van der Waals surface area contributed by atoms with Gasteiger partial charge in [0.2, 0.25) is 10.0 Å². The third kappa shape index (κ3) is 5.99. The molecule has 7 heteroatoms. The third-order valence-corrected chi connectivity index (χ3v) is 5.44. The number of methoxy groups -OCH3 is 1. The Morgan fingerprint density at radius 1 is 1.15 bits per heavy atom. The number of hydrogen-bond donors (Lipinski definition) is 1. The second-order valence-corrected chi connectivity index (χ2v) is 8.09. The SMILES string of the molecule is CCN(c1ccc(C(=O)NCCCc2cccc(OC)c2)cc1)S(C)(=O)=O. The molecular formula is C20H26N2O4S. The van der Waals surface area contributed by atoms with Gasteiger partial charge in [-0.3, -0.25) is 9.10 Å². The lowest BCUT2D eigenvalue weighted by molar-refractivity contribution is 0.0953. The van der Waals surface area contributed by atoms with E-state index >= 15 is 0 Å². The summed E-state index contributed by atoms with van der Waals surface area (Å²) >= 11 is 0. The first kappa shape index (κ1) is 20.8. The van der Waals surface area contributed by atoms with Crippen LogP contribution in [0, 0.1) is 0 Å². The van der Waals surface area contributed by atoms with Crippen LogP contribution in [-0.4, -0.2) is 40.8 Å². The first-order chi connectivity index (χ1) is 12.8. The number of rotatable bonds is 9. The summed E-state index contributed by atoms with van der Waals surface area (Å²) in [4.78, 5) is 12.2. The number of aryl methyl sites for hydroxylation is 1. The molecule has 0 aliphatic rings. The molecule has 2 aromatic rings. The number of anilines is 1. The van der Waals surface area contributed by atoms with E-state index in [2.05, 4.69) is 5.32 Å². The molecule has 0 aliphatic carbocycles. The van der Waals surface area contributed by atoms with Crippen molar-refractivity contribution in [3.05, 3.63) is 59.7 Å². The predicted molar refractivity (Wildman–Crippen MR) is 108 cm³/mol. The topological polar surface area (TPSA) is 75.7 Å². The first-order valence-corrected chi connectivity index (χ1v) is 10.7. The Balaban J connectivity index is 1.87. The summed E-state index contributed by atoms with van der Waals surface area (Å²) in [5, 5.41) is 2.89. The fourth-order valence-electron chi connectivity index (χ4n) is 2.81. The molecule has 0 atom stereocenters. The van der Waals surface area contributed by atoms with Gasteiger partial charge >= 0.3 is 0 Å². The molecule has 6 nitrogen and oxygen atoms in total. The Morgan fingerprint density at radius 3 is 2.44 bits per heavy atom. The monoisotopic (exact) mass is 390 g/mol. The zero-order valence-corrected chi connectivity index (χ0v) is 16.8. The maximum Gasteiger partial charge on any atom is 0.251 e. The summed E-state index contributed by atoms with van der Waals surface area (Å²) in [5.74, 6) is 0.654. The van der Waals surface area contributed by atoms with E-state index in [-0.39, 0.29) is 5.91 Å². The van der Waals surface area contributed by atoms with Crippen molar-refractivity contribution in [1.82, 2.24) is 5.32 Å². The average molecular weight is 391 g/mol. The van der Waals surface area contributed by atoms with Gasteiger partial charge in [-0.2, -0.15) is 0 Å². The van der Waals surface area contributed by atoms with Gasteiger partial charge in [-0.25, -0.2) is 8.42 Å². The predicted octanol–water partition coefficient (Wildman–Crippen LogP) is 2.84. The van der Waals surface area contributed by atoms with Crippen LogP contribution >= 0.6 is 0 Å². The van der Waals surface area contributed by atoms with Crippen molar-refractivity contribution < 1.29 is 17.9 Å². The maximum absolute atomic E-state index is 12.2. The Bertz CT molecular complexity index is 864. The van der Waals surface area contributed by atoms with E-state index in [0.717, 1.165) is 24.2 Å². The fraction of sp³-hybridized carbons (Fsp3) is 0.350. The number of carbonyl (C=O) groups excluding carboxylic acids is 1. The molecule has 1 amide bonds. The summed E-state index contributed by atoms with van der Waals surface area (Å²) in [6, 6.07) is 14.4. The average Bonchev–Trinajstić information content (AvgIpc) is 2.65. The molecule has 0 unspecified atom stereocenters. The first-order valence-electron chi connectivity index (χ1n) is 8.84. The molecule has 2 rings (SSSR count). The lowest BCUT2D eigenvalue weighted by Crippen LogP contribution is -2.29. The number of benzene rings is 2. The van der Waals surface area contributed by atoms with Crippen LogP contribution in [0.4, 0.5) is 5.69 Å². The minimum atomic E-state index is -3.33. The molecular weight excluding hydrogens is 364 g/mol. The van der Waals surface area contributed by atoms with Gasteiger partial charge in [0.1, 0.15) is 5.75 Å². The molecule has 0 saturated heterocycles. The van der Waals surface area contributed by atoms with Crippen LogP contribution in [0.15, 0.2) is 48.5 Å². The lowest BCUT2D eigenvalue weighted by atomic mass is 10.1. The van der Waals surface area contributed by atoms with Crippen LogP contribution in [0.2, 0.25) is 0 Å². The van der Waals surface area contributed by atoms with Crippen molar-refractivity contribution in [3.8, 4) is 5.75 Å².